The van der Waals surface area contributed by atoms with Crippen LogP contribution in [0.3, 0.4) is 0 Å². The van der Waals surface area contributed by atoms with E-state index in [4.69, 9.17) is 4.52 Å². The molecule has 1 aliphatic carbocycles. The lowest BCUT2D eigenvalue weighted by Crippen LogP contribution is -2.51. The van der Waals surface area contributed by atoms with Crippen molar-refractivity contribution >= 4 is 23.2 Å². The normalized spacial score (nSPS) is 23.4. The fourth-order valence-electron chi connectivity index (χ4n) is 3.28. The van der Waals surface area contributed by atoms with Gasteiger partial charge in [-0.15, -0.1) is 11.3 Å². The van der Waals surface area contributed by atoms with Gasteiger partial charge in [0.1, 0.15) is 5.76 Å². The van der Waals surface area contributed by atoms with Crippen LogP contribution in [0.1, 0.15) is 33.5 Å². The third-order valence-electron chi connectivity index (χ3n) is 4.74. The molecule has 2 fully saturated rings. The zero-order valence-electron chi connectivity index (χ0n) is 13.5. The van der Waals surface area contributed by atoms with E-state index in [1.165, 1.54) is 4.88 Å². The number of nitrogens with zero attached hydrogens (tertiary/aromatic N) is 3. The molecule has 0 bridgehead atoms. The summed E-state index contributed by atoms with van der Waals surface area (Å²) in [6, 6.07) is 5.80. The first-order valence-corrected chi connectivity index (χ1v) is 9.06. The van der Waals surface area contributed by atoms with E-state index in [1.807, 2.05) is 11.0 Å². The van der Waals surface area contributed by atoms with Crippen LogP contribution in [0.5, 0.6) is 0 Å². The number of hydrogen-bond donors (Lipinski definition) is 0. The third kappa shape index (κ3) is 2.84. The van der Waals surface area contributed by atoms with Crippen LogP contribution in [0.2, 0.25) is 0 Å². The monoisotopic (exact) mass is 345 g/mol. The summed E-state index contributed by atoms with van der Waals surface area (Å²) in [4.78, 5) is 29.9. The molecule has 1 aliphatic heterocycles. The fourth-order valence-corrected chi connectivity index (χ4v) is 4.18. The summed E-state index contributed by atoms with van der Waals surface area (Å²) in [5, 5.41) is 5.84. The van der Waals surface area contributed by atoms with Crippen molar-refractivity contribution in [3.63, 3.8) is 0 Å². The summed E-state index contributed by atoms with van der Waals surface area (Å²) in [6.07, 6.45) is 0.955. The molecule has 0 radical (unpaired) electrons. The van der Waals surface area contributed by atoms with Crippen LogP contribution in [-0.4, -0.2) is 52.9 Å². The zero-order valence-corrected chi connectivity index (χ0v) is 14.3. The maximum absolute atomic E-state index is 12.6. The Bertz CT molecular complexity index is 747. The molecule has 1 saturated carbocycles. The maximum atomic E-state index is 12.6. The fraction of sp³-hybridized carbons (Fsp3) is 0.471. The molecule has 2 amide bonds. The smallest absolute Gasteiger partial charge is 0.276 e. The Morgan fingerprint density at radius 3 is 2.62 bits per heavy atom. The van der Waals surface area contributed by atoms with Gasteiger partial charge in [-0.2, -0.15) is 0 Å². The second-order valence-electron chi connectivity index (χ2n) is 6.40. The first kappa shape index (κ1) is 15.4. The van der Waals surface area contributed by atoms with Gasteiger partial charge in [0.05, 0.1) is 0 Å². The van der Waals surface area contributed by atoms with Gasteiger partial charge in [-0.25, -0.2) is 0 Å². The van der Waals surface area contributed by atoms with Crippen LogP contribution in [0.15, 0.2) is 28.1 Å². The lowest BCUT2D eigenvalue weighted by molar-refractivity contribution is -0.134. The second kappa shape index (κ2) is 6.05. The minimum Gasteiger partial charge on any atom is -0.361 e. The molecule has 6 nitrogen and oxygen atoms in total. The molecule has 7 heteroatoms. The number of aromatic nitrogens is 1. The summed E-state index contributed by atoms with van der Waals surface area (Å²) < 4.78 is 4.96. The zero-order chi connectivity index (χ0) is 16.7. The Balaban J connectivity index is 1.32. The number of rotatable bonds is 3. The lowest BCUT2D eigenvalue weighted by Gasteiger charge is -2.34. The van der Waals surface area contributed by atoms with Gasteiger partial charge in [0, 0.05) is 49.0 Å². The molecule has 2 atom stereocenters. The average molecular weight is 345 g/mol. The number of aryl methyl sites for hydroxylation is 1. The van der Waals surface area contributed by atoms with Crippen LogP contribution in [-0.2, 0) is 4.79 Å². The lowest BCUT2D eigenvalue weighted by atomic mass is 10.2. The second-order valence-corrected chi connectivity index (χ2v) is 7.38. The first-order valence-electron chi connectivity index (χ1n) is 8.18. The van der Waals surface area contributed by atoms with Crippen LogP contribution in [0.25, 0.3) is 0 Å². The van der Waals surface area contributed by atoms with Gasteiger partial charge >= 0.3 is 0 Å². The molecular formula is C17H19N3O3S. The molecule has 2 aromatic rings. The third-order valence-corrected chi connectivity index (χ3v) is 5.75. The average Bonchev–Trinajstić information content (AvgIpc) is 3.00. The molecule has 24 heavy (non-hydrogen) atoms. The van der Waals surface area contributed by atoms with Crippen molar-refractivity contribution in [2.45, 2.75) is 19.3 Å². The van der Waals surface area contributed by atoms with Crippen molar-refractivity contribution in [3.8, 4) is 0 Å². The van der Waals surface area contributed by atoms with Gasteiger partial charge in [0.2, 0.25) is 5.91 Å². The van der Waals surface area contributed by atoms with Gasteiger partial charge in [-0.05, 0) is 24.8 Å². The van der Waals surface area contributed by atoms with Crippen molar-refractivity contribution in [2.24, 2.45) is 5.92 Å². The molecule has 0 spiro atoms. The number of hydrogen-bond acceptors (Lipinski definition) is 5. The van der Waals surface area contributed by atoms with Crippen LogP contribution < -0.4 is 0 Å². The van der Waals surface area contributed by atoms with Crippen molar-refractivity contribution < 1.29 is 14.1 Å². The summed E-state index contributed by atoms with van der Waals surface area (Å²) in [7, 11) is 0. The number of thiophene rings is 1. The summed E-state index contributed by atoms with van der Waals surface area (Å²) in [5.41, 5.74) is 0.340. The van der Waals surface area contributed by atoms with E-state index >= 15 is 0 Å². The standard InChI is InChI=1S/C17H19N3O3S/c1-11-9-14(18-23-11)17(22)20-6-4-19(5-7-20)16(21)13-10-12(13)15-3-2-8-24-15/h2-3,8-9,12-13H,4-7,10H2,1H3/t12-,13+/m1/s1. The predicted octanol–water partition coefficient (Wildman–Crippen LogP) is 2.13. The van der Waals surface area contributed by atoms with Crippen LogP contribution in [0, 0.1) is 12.8 Å². The molecule has 0 aromatic carbocycles. The Labute approximate surface area is 144 Å². The van der Waals surface area contributed by atoms with E-state index in [0.29, 0.717) is 43.6 Å². The Hall–Kier alpha value is -2.15. The molecule has 3 heterocycles. The quantitative estimate of drug-likeness (QED) is 0.855. The van der Waals surface area contributed by atoms with Gasteiger partial charge in [0.15, 0.2) is 5.69 Å². The number of amides is 2. The van der Waals surface area contributed by atoms with Crippen molar-refractivity contribution in [1.82, 2.24) is 15.0 Å². The van der Waals surface area contributed by atoms with E-state index in [2.05, 4.69) is 16.6 Å². The SMILES string of the molecule is Cc1cc(C(=O)N2CCN(C(=O)[C@H]3C[C@H]3c3cccs3)CC2)no1. The minimum atomic E-state index is -0.123. The molecule has 126 valence electrons. The highest BCUT2D eigenvalue weighted by atomic mass is 32.1. The predicted molar refractivity (Wildman–Crippen MR) is 88.9 cm³/mol. The van der Waals surface area contributed by atoms with Crippen molar-refractivity contribution in [1.29, 1.82) is 0 Å². The van der Waals surface area contributed by atoms with Crippen LogP contribution >= 0.6 is 11.3 Å². The van der Waals surface area contributed by atoms with E-state index in [0.717, 1.165) is 6.42 Å². The first-order chi connectivity index (χ1) is 11.6. The van der Waals surface area contributed by atoms with Crippen molar-refractivity contribution in [2.75, 3.05) is 26.2 Å². The minimum absolute atomic E-state index is 0.123. The highest BCUT2D eigenvalue weighted by Crippen LogP contribution is 2.50. The van der Waals surface area contributed by atoms with Gasteiger partial charge < -0.3 is 14.3 Å². The van der Waals surface area contributed by atoms with Crippen LogP contribution in [0.4, 0.5) is 0 Å². The molecule has 0 N–H and O–H groups in total. The van der Waals surface area contributed by atoms with E-state index in [1.54, 1.807) is 29.2 Å². The van der Waals surface area contributed by atoms with E-state index in [-0.39, 0.29) is 17.7 Å². The van der Waals surface area contributed by atoms with E-state index in [9.17, 15) is 9.59 Å². The van der Waals surface area contributed by atoms with Gasteiger partial charge in [0.25, 0.3) is 5.91 Å². The molecule has 4 rings (SSSR count). The molecule has 0 unspecified atom stereocenters. The highest BCUT2D eigenvalue weighted by Gasteiger charge is 2.46. The largest absolute Gasteiger partial charge is 0.361 e. The Kier molecular flexibility index (Phi) is 3.88. The highest BCUT2D eigenvalue weighted by molar-refractivity contribution is 7.10. The molecule has 1 saturated heterocycles. The summed E-state index contributed by atoms with van der Waals surface area (Å²) in [5.74, 6) is 1.26. The number of piperazine rings is 1. The maximum Gasteiger partial charge on any atom is 0.276 e. The Morgan fingerprint density at radius 1 is 1.25 bits per heavy atom. The molecular weight excluding hydrogens is 326 g/mol. The van der Waals surface area contributed by atoms with Gasteiger partial charge in [-0.3, -0.25) is 9.59 Å². The molecule has 2 aromatic heterocycles. The van der Waals surface area contributed by atoms with E-state index < -0.39 is 0 Å². The summed E-state index contributed by atoms with van der Waals surface area (Å²) >= 11 is 1.73. The summed E-state index contributed by atoms with van der Waals surface area (Å²) in [6.45, 7) is 4.05. The number of carbonyl (C=O) groups is 2. The topological polar surface area (TPSA) is 66.7 Å². The van der Waals surface area contributed by atoms with Crippen molar-refractivity contribution in [3.05, 3.63) is 39.9 Å². The Morgan fingerprint density at radius 2 is 2.00 bits per heavy atom. The van der Waals surface area contributed by atoms with Gasteiger partial charge in [-0.1, -0.05) is 11.2 Å². The molecule has 2 aliphatic rings. The number of carbonyl (C=O) groups excluding carboxylic acids is 2.